The molecule has 0 aliphatic heterocycles. The van der Waals surface area contributed by atoms with Crippen LogP contribution >= 0.6 is 12.4 Å². The molecule has 0 aromatic rings. The molecule has 0 bridgehead atoms. The number of hydrogen-bond donors (Lipinski definition) is 1. The first-order valence-corrected chi connectivity index (χ1v) is 3.65. The highest BCUT2D eigenvalue weighted by atomic mass is 35.5. The highest BCUT2D eigenvalue weighted by Crippen LogP contribution is 1.76. The Balaban J connectivity index is 0. The highest BCUT2D eigenvalue weighted by Gasteiger charge is 1.86. The summed E-state index contributed by atoms with van der Waals surface area (Å²) in [6.45, 7) is 3.15. The van der Waals surface area contributed by atoms with Gasteiger partial charge in [0.2, 0.25) is 0 Å². The van der Waals surface area contributed by atoms with Gasteiger partial charge in [0.05, 0.1) is 19.8 Å². The fourth-order valence-corrected chi connectivity index (χ4v) is 0.525. The van der Waals surface area contributed by atoms with Gasteiger partial charge < -0.3 is 14.8 Å². The second kappa shape index (κ2) is 13.3. The Hall–Kier alpha value is -0.270. The summed E-state index contributed by atoms with van der Waals surface area (Å²) in [4.78, 5) is 0. The van der Waals surface area contributed by atoms with Crippen molar-refractivity contribution in [1.82, 2.24) is 5.32 Å². The Morgan fingerprint density at radius 1 is 1.25 bits per heavy atom. The molecule has 0 spiro atoms. The fraction of sp³-hybridized carbons (Fsp3) is 0.750. The monoisotopic (exact) mass is 193 g/mol. The summed E-state index contributed by atoms with van der Waals surface area (Å²) in [5.41, 5.74) is 0. The van der Waals surface area contributed by atoms with Crippen LogP contribution in [-0.2, 0) is 9.47 Å². The summed E-state index contributed by atoms with van der Waals surface area (Å²) in [6, 6.07) is 0. The molecule has 0 aliphatic rings. The maximum atomic E-state index is 5.16. The summed E-state index contributed by atoms with van der Waals surface area (Å²) in [6.07, 6.45) is 4.97. The van der Waals surface area contributed by atoms with E-state index in [2.05, 4.69) is 11.2 Å². The van der Waals surface area contributed by atoms with E-state index < -0.39 is 0 Å². The van der Waals surface area contributed by atoms with E-state index >= 15 is 0 Å². The van der Waals surface area contributed by atoms with Gasteiger partial charge >= 0.3 is 0 Å². The van der Waals surface area contributed by atoms with E-state index in [9.17, 15) is 0 Å². The van der Waals surface area contributed by atoms with Crippen LogP contribution < -0.4 is 5.32 Å². The lowest BCUT2D eigenvalue weighted by Gasteiger charge is -2.02. The molecule has 0 amide bonds. The number of likely N-dealkylation sites (N-methyl/N-ethyl adjacent to an activating group) is 1. The number of terminal acetylenes is 1. The van der Waals surface area contributed by atoms with Crippen LogP contribution in [0.4, 0.5) is 0 Å². The number of nitrogens with one attached hydrogen (secondary N) is 1. The van der Waals surface area contributed by atoms with Gasteiger partial charge in [-0.1, -0.05) is 5.92 Å². The molecular formula is C8H16ClNO2. The number of ether oxygens (including phenoxy) is 2. The Kier molecular flexibility index (Phi) is 15.8. The van der Waals surface area contributed by atoms with E-state index in [1.54, 1.807) is 0 Å². The molecule has 4 heteroatoms. The molecule has 0 unspecified atom stereocenters. The summed E-state index contributed by atoms with van der Waals surface area (Å²) in [5.74, 6) is 2.38. The van der Waals surface area contributed by atoms with Gasteiger partial charge in [0.15, 0.2) is 0 Å². The van der Waals surface area contributed by atoms with Crippen LogP contribution in [0.2, 0.25) is 0 Å². The minimum Gasteiger partial charge on any atom is -0.378 e. The number of halogens is 1. The second-order valence-corrected chi connectivity index (χ2v) is 1.97. The molecule has 0 saturated heterocycles. The topological polar surface area (TPSA) is 30.5 Å². The van der Waals surface area contributed by atoms with Crippen LogP contribution in [0.5, 0.6) is 0 Å². The van der Waals surface area contributed by atoms with Gasteiger partial charge in [-0.05, 0) is 7.05 Å². The molecule has 0 saturated carbocycles. The Labute approximate surface area is 80.2 Å². The Morgan fingerprint density at radius 2 is 1.92 bits per heavy atom. The first kappa shape index (κ1) is 14.3. The van der Waals surface area contributed by atoms with Gasteiger partial charge in [-0.15, -0.1) is 18.8 Å². The van der Waals surface area contributed by atoms with Crippen LogP contribution in [0.3, 0.4) is 0 Å². The van der Waals surface area contributed by atoms with E-state index in [1.165, 1.54) is 0 Å². The third kappa shape index (κ3) is 12.4. The molecule has 12 heavy (non-hydrogen) atoms. The zero-order valence-electron chi connectivity index (χ0n) is 7.34. The first-order valence-electron chi connectivity index (χ1n) is 3.65. The van der Waals surface area contributed by atoms with Gasteiger partial charge in [0, 0.05) is 6.54 Å². The number of hydrogen-bond acceptors (Lipinski definition) is 3. The van der Waals surface area contributed by atoms with Gasteiger partial charge in [-0.3, -0.25) is 0 Å². The van der Waals surface area contributed by atoms with E-state index in [0.717, 1.165) is 13.2 Å². The van der Waals surface area contributed by atoms with Gasteiger partial charge in [-0.25, -0.2) is 0 Å². The summed E-state index contributed by atoms with van der Waals surface area (Å²) in [7, 11) is 1.89. The van der Waals surface area contributed by atoms with Crippen LogP contribution in [-0.4, -0.2) is 40.0 Å². The van der Waals surface area contributed by atoms with E-state index in [0.29, 0.717) is 19.8 Å². The second-order valence-electron chi connectivity index (χ2n) is 1.97. The average molecular weight is 194 g/mol. The van der Waals surface area contributed by atoms with Crippen molar-refractivity contribution in [3.8, 4) is 12.3 Å². The van der Waals surface area contributed by atoms with Crippen molar-refractivity contribution in [2.45, 2.75) is 0 Å². The van der Waals surface area contributed by atoms with Gasteiger partial charge in [0.1, 0.15) is 6.61 Å². The van der Waals surface area contributed by atoms with E-state index in [1.807, 2.05) is 7.05 Å². The largest absolute Gasteiger partial charge is 0.378 e. The fourth-order valence-electron chi connectivity index (χ4n) is 0.525. The van der Waals surface area contributed by atoms with E-state index in [-0.39, 0.29) is 12.4 Å². The van der Waals surface area contributed by atoms with Crippen molar-refractivity contribution in [3.05, 3.63) is 0 Å². The van der Waals surface area contributed by atoms with Crippen molar-refractivity contribution < 1.29 is 9.47 Å². The number of rotatable bonds is 7. The molecule has 0 atom stereocenters. The third-order valence-corrected chi connectivity index (χ3v) is 1.05. The zero-order chi connectivity index (χ0) is 8.36. The van der Waals surface area contributed by atoms with Crippen molar-refractivity contribution in [1.29, 1.82) is 0 Å². The lowest BCUT2D eigenvalue weighted by atomic mass is 10.6. The molecule has 0 rings (SSSR count). The molecule has 72 valence electrons. The lowest BCUT2D eigenvalue weighted by Crippen LogP contribution is -2.16. The van der Waals surface area contributed by atoms with Crippen LogP contribution in [0.15, 0.2) is 0 Å². The SMILES string of the molecule is C#CCOCCOCCNC.Cl. The summed E-state index contributed by atoms with van der Waals surface area (Å²) < 4.78 is 10.1. The maximum absolute atomic E-state index is 5.16. The molecule has 0 heterocycles. The molecule has 3 nitrogen and oxygen atoms in total. The van der Waals surface area contributed by atoms with Crippen LogP contribution in [0.1, 0.15) is 0 Å². The predicted molar refractivity (Wildman–Crippen MR) is 51.6 cm³/mol. The minimum absolute atomic E-state index is 0. The quantitative estimate of drug-likeness (QED) is 0.466. The Morgan fingerprint density at radius 3 is 2.50 bits per heavy atom. The summed E-state index contributed by atoms with van der Waals surface area (Å²) in [5, 5.41) is 2.97. The molecule has 0 aromatic heterocycles. The molecular weight excluding hydrogens is 178 g/mol. The van der Waals surface area contributed by atoms with Crippen LogP contribution in [0.25, 0.3) is 0 Å². The average Bonchev–Trinajstić information content (AvgIpc) is 2.03. The lowest BCUT2D eigenvalue weighted by molar-refractivity contribution is 0.0619. The standard InChI is InChI=1S/C8H15NO2.ClH/c1-3-5-10-7-8-11-6-4-9-2;/h1,9H,4-8H2,2H3;1H. The van der Waals surface area contributed by atoms with Crippen molar-refractivity contribution in [3.63, 3.8) is 0 Å². The molecule has 0 aromatic carbocycles. The van der Waals surface area contributed by atoms with Crippen LogP contribution in [0, 0.1) is 12.3 Å². The zero-order valence-corrected chi connectivity index (χ0v) is 8.15. The summed E-state index contributed by atoms with van der Waals surface area (Å²) >= 11 is 0. The van der Waals surface area contributed by atoms with Crippen molar-refractivity contribution in [2.24, 2.45) is 0 Å². The molecule has 0 aliphatic carbocycles. The predicted octanol–water partition coefficient (Wildman–Crippen LogP) is 0.294. The highest BCUT2D eigenvalue weighted by molar-refractivity contribution is 5.85. The Bertz CT molecular complexity index is 114. The molecule has 0 fully saturated rings. The third-order valence-electron chi connectivity index (χ3n) is 1.05. The van der Waals surface area contributed by atoms with E-state index in [4.69, 9.17) is 15.9 Å². The smallest absolute Gasteiger partial charge is 0.107 e. The minimum atomic E-state index is 0. The van der Waals surface area contributed by atoms with Crippen molar-refractivity contribution in [2.75, 3.05) is 40.0 Å². The van der Waals surface area contributed by atoms with Gasteiger partial charge in [0.25, 0.3) is 0 Å². The maximum Gasteiger partial charge on any atom is 0.107 e. The normalized spacial score (nSPS) is 8.67. The molecule has 1 N–H and O–H groups in total. The van der Waals surface area contributed by atoms with Crippen molar-refractivity contribution >= 4 is 12.4 Å². The molecule has 0 radical (unpaired) electrons. The first-order chi connectivity index (χ1) is 5.41. The van der Waals surface area contributed by atoms with Gasteiger partial charge in [-0.2, -0.15) is 0 Å².